The number of carbonyl (C=O) groups excluding carboxylic acids is 1. The minimum absolute atomic E-state index is 0.198. The monoisotopic (exact) mass is 419 g/mol. The van der Waals surface area contributed by atoms with E-state index >= 15 is 0 Å². The van der Waals surface area contributed by atoms with Crippen molar-refractivity contribution in [3.05, 3.63) is 59.1 Å². The maximum atomic E-state index is 12.5. The van der Waals surface area contributed by atoms with E-state index in [9.17, 15) is 13.2 Å². The lowest BCUT2D eigenvalue weighted by molar-refractivity contribution is 0.0942. The van der Waals surface area contributed by atoms with Crippen LogP contribution < -0.4 is 5.32 Å². The molecule has 9 heteroatoms. The third-order valence-corrected chi connectivity index (χ3v) is 7.17. The quantitative estimate of drug-likeness (QED) is 0.604. The predicted octanol–water partition coefficient (Wildman–Crippen LogP) is 3.36. The van der Waals surface area contributed by atoms with Crippen LogP contribution >= 0.6 is 11.3 Å². The Morgan fingerprint density at radius 1 is 1.18 bits per heavy atom. The summed E-state index contributed by atoms with van der Waals surface area (Å²) in [5.74, 6) is 0.192. The molecule has 148 valence electrons. The minimum Gasteiger partial charge on any atom is -0.355 e. The van der Waals surface area contributed by atoms with Crippen LogP contribution in [-0.2, 0) is 16.6 Å². The van der Waals surface area contributed by atoms with Crippen LogP contribution in [0.2, 0.25) is 0 Å². The first-order valence-corrected chi connectivity index (χ1v) is 11.2. The van der Waals surface area contributed by atoms with E-state index in [1.165, 1.54) is 15.6 Å². The smallest absolute Gasteiger partial charge is 0.273 e. The van der Waals surface area contributed by atoms with E-state index in [2.05, 4.69) is 10.5 Å². The summed E-state index contributed by atoms with van der Waals surface area (Å²) in [5, 5.41) is 8.48. The van der Waals surface area contributed by atoms with Crippen LogP contribution in [0.4, 0.5) is 0 Å². The fourth-order valence-electron chi connectivity index (χ4n) is 2.68. The highest BCUT2D eigenvalue weighted by molar-refractivity contribution is 7.89. The molecule has 0 aliphatic carbocycles. The summed E-state index contributed by atoms with van der Waals surface area (Å²) in [4.78, 5) is 13.4. The number of nitrogens with zero attached hydrogens (tertiary/aromatic N) is 2. The van der Waals surface area contributed by atoms with Gasteiger partial charge in [-0.3, -0.25) is 4.79 Å². The molecular formula is C19H21N3O4S2. The number of amides is 1. The van der Waals surface area contributed by atoms with Crippen LogP contribution in [-0.4, -0.2) is 36.9 Å². The Kier molecular flexibility index (Phi) is 6.28. The number of aromatic nitrogens is 1. The lowest BCUT2D eigenvalue weighted by Gasteiger charge is -2.18. The van der Waals surface area contributed by atoms with E-state index < -0.39 is 10.0 Å². The Hall–Kier alpha value is -2.49. The van der Waals surface area contributed by atoms with E-state index in [1.807, 2.05) is 17.5 Å². The van der Waals surface area contributed by atoms with Crippen molar-refractivity contribution in [3.63, 3.8) is 0 Å². The van der Waals surface area contributed by atoms with Crippen molar-refractivity contribution in [2.24, 2.45) is 0 Å². The summed E-state index contributed by atoms with van der Waals surface area (Å²) in [7, 11) is -3.49. The van der Waals surface area contributed by atoms with Crippen molar-refractivity contribution in [1.29, 1.82) is 0 Å². The fraction of sp³-hybridized carbons (Fsp3) is 0.263. The molecule has 0 saturated carbocycles. The van der Waals surface area contributed by atoms with Gasteiger partial charge >= 0.3 is 0 Å². The molecule has 2 aromatic heterocycles. The first-order chi connectivity index (χ1) is 13.5. The summed E-state index contributed by atoms with van der Waals surface area (Å²) < 4.78 is 31.6. The van der Waals surface area contributed by atoms with Gasteiger partial charge in [0, 0.05) is 25.7 Å². The number of sulfonamides is 1. The second-order valence-corrected chi connectivity index (χ2v) is 8.86. The molecule has 0 fully saturated rings. The number of benzene rings is 1. The van der Waals surface area contributed by atoms with E-state index in [1.54, 1.807) is 44.2 Å². The molecule has 1 amide bonds. The van der Waals surface area contributed by atoms with Gasteiger partial charge in [-0.1, -0.05) is 37.2 Å². The van der Waals surface area contributed by atoms with Crippen LogP contribution in [0, 0.1) is 0 Å². The first kappa shape index (κ1) is 20.2. The SMILES string of the molecule is CCN(CC)S(=O)(=O)c1ccc(CNC(=O)c2cc(-c3cccs3)on2)cc1. The van der Waals surface area contributed by atoms with Crippen molar-refractivity contribution in [2.45, 2.75) is 25.3 Å². The van der Waals surface area contributed by atoms with Crippen molar-refractivity contribution in [1.82, 2.24) is 14.8 Å². The Labute approximate surface area is 168 Å². The molecular weight excluding hydrogens is 398 g/mol. The zero-order valence-electron chi connectivity index (χ0n) is 15.6. The molecule has 0 aliphatic heterocycles. The number of thiophene rings is 1. The molecule has 7 nitrogen and oxygen atoms in total. The molecule has 0 spiro atoms. The van der Waals surface area contributed by atoms with Crippen molar-refractivity contribution >= 4 is 27.3 Å². The molecule has 28 heavy (non-hydrogen) atoms. The van der Waals surface area contributed by atoms with E-state index in [-0.39, 0.29) is 23.0 Å². The number of hydrogen-bond acceptors (Lipinski definition) is 6. The molecule has 1 aromatic carbocycles. The van der Waals surface area contributed by atoms with Gasteiger partial charge < -0.3 is 9.84 Å². The van der Waals surface area contributed by atoms with Gasteiger partial charge in [0.15, 0.2) is 11.5 Å². The molecule has 2 heterocycles. The van der Waals surface area contributed by atoms with Gasteiger partial charge in [-0.15, -0.1) is 11.3 Å². The average Bonchev–Trinajstić information content (AvgIpc) is 3.38. The Morgan fingerprint density at radius 2 is 1.89 bits per heavy atom. The number of nitrogens with one attached hydrogen (secondary N) is 1. The van der Waals surface area contributed by atoms with Crippen LogP contribution in [0.15, 0.2) is 57.3 Å². The highest BCUT2D eigenvalue weighted by Gasteiger charge is 2.21. The molecule has 0 unspecified atom stereocenters. The first-order valence-electron chi connectivity index (χ1n) is 8.83. The molecule has 0 aliphatic rings. The van der Waals surface area contributed by atoms with E-state index in [0.717, 1.165) is 10.4 Å². The van der Waals surface area contributed by atoms with Crippen molar-refractivity contribution in [2.75, 3.05) is 13.1 Å². The third kappa shape index (κ3) is 4.32. The summed E-state index contributed by atoms with van der Waals surface area (Å²) in [6.45, 7) is 4.70. The number of carbonyl (C=O) groups is 1. The highest BCUT2D eigenvalue weighted by Crippen LogP contribution is 2.25. The Morgan fingerprint density at radius 3 is 2.50 bits per heavy atom. The summed E-state index contributed by atoms with van der Waals surface area (Å²) >= 11 is 1.50. The number of hydrogen-bond donors (Lipinski definition) is 1. The minimum atomic E-state index is -3.49. The van der Waals surface area contributed by atoms with Gasteiger partial charge in [-0.25, -0.2) is 8.42 Å². The van der Waals surface area contributed by atoms with Gasteiger partial charge in [0.1, 0.15) is 0 Å². The summed E-state index contributed by atoms with van der Waals surface area (Å²) in [6.07, 6.45) is 0. The van der Waals surface area contributed by atoms with Crippen LogP contribution in [0.5, 0.6) is 0 Å². The zero-order valence-corrected chi connectivity index (χ0v) is 17.2. The lowest BCUT2D eigenvalue weighted by Crippen LogP contribution is -2.30. The van der Waals surface area contributed by atoms with Gasteiger partial charge in [0.2, 0.25) is 10.0 Å². The Bertz CT molecular complexity index is 1020. The normalized spacial score (nSPS) is 11.7. The van der Waals surface area contributed by atoms with E-state index in [0.29, 0.717) is 18.8 Å². The van der Waals surface area contributed by atoms with Gasteiger partial charge in [-0.2, -0.15) is 4.31 Å². The highest BCUT2D eigenvalue weighted by atomic mass is 32.2. The Balaban J connectivity index is 1.63. The van der Waals surface area contributed by atoms with Gasteiger partial charge in [0.05, 0.1) is 9.77 Å². The lowest BCUT2D eigenvalue weighted by atomic mass is 10.2. The summed E-state index contributed by atoms with van der Waals surface area (Å²) in [5.41, 5.74) is 0.984. The molecule has 0 atom stereocenters. The number of rotatable bonds is 8. The average molecular weight is 420 g/mol. The largest absolute Gasteiger partial charge is 0.355 e. The zero-order chi connectivity index (χ0) is 20.1. The molecule has 0 bridgehead atoms. The maximum Gasteiger partial charge on any atom is 0.273 e. The van der Waals surface area contributed by atoms with E-state index in [4.69, 9.17) is 4.52 Å². The second-order valence-electron chi connectivity index (χ2n) is 5.97. The second kappa shape index (κ2) is 8.68. The van der Waals surface area contributed by atoms with Crippen LogP contribution in [0.1, 0.15) is 29.9 Å². The third-order valence-electron chi connectivity index (χ3n) is 4.23. The summed E-state index contributed by atoms with van der Waals surface area (Å²) in [6, 6.07) is 11.9. The molecule has 0 saturated heterocycles. The predicted molar refractivity (Wildman–Crippen MR) is 108 cm³/mol. The molecule has 3 rings (SSSR count). The maximum absolute atomic E-state index is 12.5. The molecule has 3 aromatic rings. The van der Waals surface area contributed by atoms with Gasteiger partial charge in [-0.05, 0) is 29.1 Å². The topological polar surface area (TPSA) is 92.5 Å². The van der Waals surface area contributed by atoms with Crippen LogP contribution in [0.3, 0.4) is 0 Å². The molecule has 1 N–H and O–H groups in total. The van der Waals surface area contributed by atoms with Gasteiger partial charge in [0.25, 0.3) is 5.91 Å². The standard InChI is InChI=1S/C19H21N3O4S2/c1-3-22(4-2)28(24,25)15-9-7-14(8-10-15)13-20-19(23)16-12-17(26-21-16)18-6-5-11-27-18/h5-12H,3-4,13H2,1-2H3,(H,20,23). The van der Waals surface area contributed by atoms with Crippen molar-refractivity contribution < 1.29 is 17.7 Å². The van der Waals surface area contributed by atoms with Crippen molar-refractivity contribution in [3.8, 4) is 10.6 Å². The van der Waals surface area contributed by atoms with Crippen LogP contribution in [0.25, 0.3) is 10.6 Å². The fourth-order valence-corrected chi connectivity index (χ4v) is 4.81. The molecule has 0 radical (unpaired) electrons.